The van der Waals surface area contributed by atoms with E-state index < -0.39 is 0 Å². The van der Waals surface area contributed by atoms with Crippen molar-refractivity contribution in [3.05, 3.63) is 82.1 Å². The second-order valence-corrected chi connectivity index (χ2v) is 5.62. The van der Waals surface area contributed by atoms with Crippen molar-refractivity contribution in [3.8, 4) is 5.75 Å². The maximum absolute atomic E-state index is 12.5. The summed E-state index contributed by atoms with van der Waals surface area (Å²) in [7, 11) is 0. The predicted molar refractivity (Wildman–Crippen MR) is 86.9 cm³/mol. The van der Waals surface area contributed by atoms with Crippen LogP contribution < -0.4 is 4.74 Å². The molecule has 1 heterocycles. The molecule has 0 saturated heterocycles. The molecule has 0 unspecified atom stereocenters. The van der Waals surface area contributed by atoms with Gasteiger partial charge in [-0.1, -0.05) is 46.3 Å². The van der Waals surface area contributed by atoms with Gasteiger partial charge >= 0.3 is 0 Å². The molecule has 0 spiro atoms. The molecule has 1 N–H and O–H groups in total. The third-order valence-corrected chi connectivity index (χ3v) is 3.65. The normalized spacial score (nSPS) is 10.4. The topological polar surface area (TPSA) is 55.0 Å². The molecule has 0 amide bonds. The lowest BCUT2D eigenvalue weighted by molar-refractivity contribution is 0.103. The van der Waals surface area contributed by atoms with Crippen molar-refractivity contribution in [1.82, 2.24) is 10.2 Å². The van der Waals surface area contributed by atoms with E-state index in [0.29, 0.717) is 23.6 Å². The van der Waals surface area contributed by atoms with Crippen molar-refractivity contribution >= 4 is 21.7 Å². The highest BCUT2D eigenvalue weighted by atomic mass is 79.9. The molecule has 0 fully saturated rings. The van der Waals surface area contributed by atoms with Crippen molar-refractivity contribution in [2.45, 2.75) is 6.61 Å². The molecule has 3 aromatic rings. The Bertz CT molecular complexity index is 771. The minimum Gasteiger partial charge on any atom is -0.488 e. The minimum atomic E-state index is -0.170. The Kier molecular flexibility index (Phi) is 4.34. The van der Waals surface area contributed by atoms with Gasteiger partial charge in [-0.05, 0) is 29.8 Å². The molecule has 0 aliphatic heterocycles. The number of aromatic nitrogens is 2. The SMILES string of the molecule is O=C(c1cc[nH]n1)c1ccc(Br)cc1OCc1ccccc1. The van der Waals surface area contributed by atoms with Crippen LogP contribution in [0, 0.1) is 0 Å². The van der Waals surface area contributed by atoms with E-state index in [4.69, 9.17) is 4.74 Å². The van der Waals surface area contributed by atoms with Crippen LogP contribution in [0.5, 0.6) is 5.75 Å². The first-order chi connectivity index (χ1) is 10.7. The van der Waals surface area contributed by atoms with Crippen molar-refractivity contribution in [2.75, 3.05) is 0 Å². The van der Waals surface area contributed by atoms with Gasteiger partial charge in [-0.3, -0.25) is 9.89 Å². The van der Waals surface area contributed by atoms with Crippen LogP contribution in [-0.4, -0.2) is 16.0 Å². The lowest BCUT2D eigenvalue weighted by Gasteiger charge is -2.11. The van der Waals surface area contributed by atoms with E-state index in [2.05, 4.69) is 26.1 Å². The molecule has 0 aliphatic carbocycles. The Hall–Kier alpha value is -2.40. The van der Waals surface area contributed by atoms with E-state index in [1.165, 1.54) is 0 Å². The summed E-state index contributed by atoms with van der Waals surface area (Å²) in [5.74, 6) is 0.364. The van der Waals surface area contributed by atoms with E-state index in [0.717, 1.165) is 10.0 Å². The van der Waals surface area contributed by atoms with Gasteiger partial charge in [0.25, 0.3) is 0 Å². The molecule has 1 aromatic heterocycles. The number of carbonyl (C=O) groups is 1. The molecule has 0 saturated carbocycles. The monoisotopic (exact) mass is 356 g/mol. The molecule has 5 heteroatoms. The van der Waals surface area contributed by atoms with Gasteiger partial charge in [0.15, 0.2) is 0 Å². The van der Waals surface area contributed by atoms with Crippen molar-refractivity contribution in [1.29, 1.82) is 0 Å². The van der Waals surface area contributed by atoms with Crippen LogP contribution >= 0.6 is 15.9 Å². The molecule has 0 aliphatic rings. The van der Waals surface area contributed by atoms with E-state index >= 15 is 0 Å². The first-order valence-electron chi connectivity index (χ1n) is 6.75. The van der Waals surface area contributed by atoms with Gasteiger partial charge in [-0.25, -0.2) is 0 Å². The molecule has 110 valence electrons. The lowest BCUT2D eigenvalue weighted by atomic mass is 10.1. The molecule has 0 radical (unpaired) electrons. The van der Waals surface area contributed by atoms with E-state index in [-0.39, 0.29) is 5.78 Å². The number of nitrogens with zero attached hydrogens (tertiary/aromatic N) is 1. The van der Waals surface area contributed by atoms with Gasteiger partial charge in [0, 0.05) is 10.7 Å². The number of aromatic amines is 1. The second kappa shape index (κ2) is 6.58. The summed E-state index contributed by atoms with van der Waals surface area (Å²) in [6.45, 7) is 0.401. The van der Waals surface area contributed by atoms with Gasteiger partial charge in [0.2, 0.25) is 5.78 Å². The van der Waals surface area contributed by atoms with Gasteiger partial charge in [0.05, 0.1) is 5.56 Å². The van der Waals surface area contributed by atoms with Crippen LogP contribution in [0.15, 0.2) is 65.3 Å². The van der Waals surface area contributed by atoms with E-state index in [9.17, 15) is 4.79 Å². The molecule has 22 heavy (non-hydrogen) atoms. The molecule has 0 bridgehead atoms. The zero-order valence-electron chi connectivity index (χ0n) is 11.6. The van der Waals surface area contributed by atoms with E-state index in [1.54, 1.807) is 24.4 Å². The number of hydrogen-bond donors (Lipinski definition) is 1. The average molecular weight is 357 g/mol. The highest BCUT2D eigenvalue weighted by Crippen LogP contribution is 2.26. The Morgan fingerprint density at radius 3 is 2.68 bits per heavy atom. The minimum absolute atomic E-state index is 0.170. The van der Waals surface area contributed by atoms with Crippen LogP contribution in [0.25, 0.3) is 0 Å². The first kappa shape index (κ1) is 14.5. The number of carbonyl (C=O) groups excluding carboxylic acids is 1. The van der Waals surface area contributed by atoms with Crippen molar-refractivity contribution in [3.63, 3.8) is 0 Å². The van der Waals surface area contributed by atoms with E-state index in [1.807, 2.05) is 36.4 Å². The Balaban J connectivity index is 1.86. The van der Waals surface area contributed by atoms with Crippen LogP contribution in [0.3, 0.4) is 0 Å². The van der Waals surface area contributed by atoms with Gasteiger partial charge in [-0.2, -0.15) is 5.10 Å². The fraction of sp³-hybridized carbons (Fsp3) is 0.0588. The standard InChI is InChI=1S/C17H13BrN2O2/c18-13-6-7-14(17(21)15-8-9-19-20-15)16(10-13)22-11-12-4-2-1-3-5-12/h1-10H,11H2,(H,19,20). The van der Waals surface area contributed by atoms with Gasteiger partial charge in [0.1, 0.15) is 18.1 Å². The Morgan fingerprint density at radius 2 is 1.95 bits per heavy atom. The fourth-order valence-corrected chi connectivity index (χ4v) is 2.40. The maximum atomic E-state index is 12.5. The summed E-state index contributed by atoms with van der Waals surface area (Å²) in [4.78, 5) is 12.5. The summed E-state index contributed by atoms with van der Waals surface area (Å²) < 4.78 is 6.69. The summed E-state index contributed by atoms with van der Waals surface area (Å²) in [5.41, 5.74) is 1.90. The molecule has 2 aromatic carbocycles. The van der Waals surface area contributed by atoms with Gasteiger partial charge in [-0.15, -0.1) is 0 Å². The second-order valence-electron chi connectivity index (χ2n) is 4.70. The van der Waals surface area contributed by atoms with Crippen molar-refractivity contribution in [2.24, 2.45) is 0 Å². The summed E-state index contributed by atoms with van der Waals surface area (Å²) >= 11 is 3.41. The number of rotatable bonds is 5. The summed E-state index contributed by atoms with van der Waals surface area (Å²) in [5, 5.41) is 6.58. The third kappa shape index (κ3) is 3.26. The largest absolute Gasteiger partial charge is 0.488 e. The number of ether oxygens (including phenoxy) is 1. The highest BCUT2D eigenvalue weighted by Gasteiger charge is 2.17. The number of halogens is 1. The Morgan fingerprint density at radius 1 is 1.14 bits per heavy atom. The van der Waals surface area contributed by atoms with Gasteiger partial charge < -0.3 is 4.74 Å². The lowest BCUT2D eigenvalue weighted by Crippen LogP contribution is -2.06. The molecular formula is C17H13BrN2O2. The van der Waals surface area contributed by atoms with Crippen LogP contribution in [0.1, 0.15) is 21.6 Å². The quantitative estimate of drug-likeness (QED) is 0.703. The number of H-pyrrole nitrogens is 1. The fourth-order valence-electron chi connectivity index (χ4n) is 2.06. The molecule has 3 rings (SSSR count). The van der Waals surface area contributed by atoms with Crippen LogP contribution in [0.2, 0.25) is 0 Å². The number of ketones is 1. The zero-order valence-corrected chi connectivity index (χ0v) is 13.2. The number of hydrogen-bond acceptors (Lipinski definition) is 3. The predicted octanol–water partition coefficient (Wildman–Crippen LogP) is 3.98. The van der Waals surface area contributed by atoms with Crippen LogP contribution in [0.4, 0.5) is 0 Å². The zero-order chi connectivity index (χ0) is 15.4. The smallest absolute Gasteiger partial charge is 0.216 e. The maximum Gasteiger partial charge on any atom is 0.216 e. The first-order valence-corrected chi connectivity index (χ1v) is 7.54. The van der Waals surface area contributed by atoms with Crippen LogP contribution in [-0.2, 0) is 6.61 Å². The average Bonchev–Trinajstić information content (AvgIpc) is 3.08. The molecule has 4 nitrogen and oxygen atoms in total. The Labute approximate surface area is 136 Å². The third-order valence-electron chi connectivity index (χ3n) is 3.16. The molecule has 0 atom stereocenters. The summed E-state index contributed by atoms with van der Waals surface area (Å²) in [6, 6.07) is 16.8. The highest BCUT2D eigenvalue weighted by molar-refractivity contribution is 9.10. The number of benzene rings is 2. The number of nitrogens with one attached hydrogen (secondary N) is 1. The molecular weight excluding hydrogens is 344 g/mol. The summed E-state index contributed by atoms with van der Waals surface area (Å²) in [6.07, 6.45) is 1.62. The van der Waals surface area contributed by atoms with Crippen molar-refractivity contribution < 1.29 is 9.53 Å².